The highest BCUT2D eigenvalue weighted by Gasteiger charge is 2.41. The molecule has 1 aromatic heterocycles. The summed E-state index contributed by atoms with van der Waals surface area (Å²) in [6.45, 7) is 7.50. The van der Waals surface area contributed by atoms with Gasteiger partial charge in [0.1, 0.15) is 0 Å². The van der Waals surface area contributed by atoms with Crippen LogP contribution in [0.4, 0.5) is 5.69 Å². The predicted octanol–water partition coefficient (Wildman–Crippen LogP) is 7.02. The predicted molar refractivity (Wildman–Crippen MR) is 132 cm³/mol. The Labute approximate surface area is 188 Å². The van der Waals surface area contributed by atoms with Gasteiger partial charge in [0.25, 0.3) is 0 Å². The first-order chi connectivity index (χ1) is 15.5. The van der Waals surface area contributed by atoms with Crippen molar-refractivity contribution < 1.29 is 4.79 Å². The number of hydrogen-bond donors (Lipinski definition) is 1. The molecule has 0 saturated heterocycles. The maximum absolute atomic E-state index is 13.6. The number of anilines is 1. The van der Waals surface area contributed by atoms with Crippen LogP contribution < -0.4 is 5.32 Å². The van der Waals surface area contributed by atoms with Crippen molar-refractivity contribution in [2.45, 2.75) is 46.1 Å². The number of Topliss-reactive ketones (excluding diaryl/α,β-unsaturated/α-hetero) is 1. The molecule has 2 aliphatic rings. The van der Waals surface area contributed by atoms with E-state index in [1.54, 1.807) is 0 Å². The molecule has 0 amide bonds. The summed E-state index contributed by atoms with van der Waals surface area (Å²) in [5, 5.41) is 6.25. The summed E-state index contributed by atoms with van der Waals surface area (Å²) in [5.41, 5.74) is 8.10. The number of ketones is 1. The second-order valence-electron chi connectivity index (χ2n) is 9.98. The van der Waals surface area contributed by atoms with Crippen molar-refractivity contribution >= 4 is 33.3 Å². The van der Waals surface area contributed by atoms with Gasteiger partial charge in [-0.1, -0.05) is 62.4 Å². The van der Waals surface area contributed by atoms with Gasteiger partial charge in [0.2, 0.25) is 0 Å². The van der Waals surface area contributed by atoms with Crippen molar-refractivity contribution in [2.75, 3.05) is 5.32 Å². The molecule has 1 atom stereocenters. The molecule has 0 saturated carbocycles. The average molecular weight is 421 g/mol. The molecular formula is C29H28N2O. The third-order valence-electron chi connectivity index (χ3n) is 7.21. The molecule has 3 nitrogen and oxygen atoms in total. The van der Waals surface area contributed by atoms with Crippen LogP contribution in [-0.2, 0) is 11.3 Å². The minimum absolute atomic E-state index is 0.0238. The second-order valence-corrected chi connectivity index (χ2v) is 9.98. The summed E-state index contributed by atoms with van der Waals surface area (Å²) in [6, 6.07) is 23.7. The van der Waals surface area contributed by atoms with Crippen molar-refractivity contribution in [3.05, 3.63) is 89.1 Å². The van der Waals surface area contributed by atoms with Gasteiger partial charge in [0.05, 0.1) is 0 Å². The van der Waals surface area contributed by atoms with Crippen LogP contribution in [0.25, 0.3) is 21.8 Å². The number of rotatable bonds is 2. The molecule has 160 valence electrons. The summed E-state index contributed by atoms with van der Waals surface area (Å²) in [6.07, 6.45) is 1.49. The van der Waals surface area contributed by atoms with Crippen LogP contribution in [0.5, 0.6) is 0 Å². The molecule has 3 heteroatoms. The van der Waals surface area contributed by atoms with Crippen LogP contribution in [0, 0.1) is 5.41 Å². The summed E-state index contributed by atoms with van der Waals surface area (Å²) in [7, 11) is 0. The highest BCUT2D eigenvalue weighted by atomic mass is 16.1. The lowest BCUT2D eigenvalue weighted by atomic mass is 9.68. The third kappa shape index (κ3) is 2.70. The zero-order valence-electron chi connectivity index (χ0n) is 18.9. The Morgan fingerprint density at radius 1 is 0.938 bits per heavy atom. The number of fused-ring (bicyclic) bond motifs is 5. The molecular weight excluding hydrogens is 392 g/mol. The van der Waals surface area contributed by atoms with Gasteiger partial charge in [-0.3, -0.25) is 4.79 Å². The van der Waals surface area contributed by atoms with E-state index >= 15 is 0 Å². The molecule has 0 fully saturated rings. The number of para-hydroxylation sites is 1. The van der Waals surface area contributed by atoms with Crippen LogP contribution in [-0.4, -0.2) is 10.4 Å². The van der Waals surface area contributed by atoms with Gasteiger partial charge in [0, 0.05) is 57.6 Å². The standard InChI is InChI=1S/C29H28N2O/c1-4-31-22-13-9-8-12-19(22)26-23(31)15-14-20-28(26)25(18-10-6-5-7-11-18)27-21(30-20)16-29(2,3)17-24(27)32/h5-15,25,30H,4,16-17H2,1-3H3. The number of allylic oxidation sites excluding steroid dienone is 2. The number of aryl methyl sites for hydroxylation is 1. The van der Waals surface area contributed by atoms with Gasteiger partial charge in [-0.25, -0.2) is 0 Å². The first-order valence-electron chi connectivity index (χ1n) is 11.6. The summed E-state index contributed by atoms with van der Waals surface area (Å²) in [4.78, 5) is 13.6. The minimum Gasteiger partial charge on any atom is -0.358 e. The monoisotopic (exact) mass is 420 g/mol. The Bertz CT molecular complexity index is 1420. The van der Waals surface area contributed by atoms with E-state index in [0.29, 0.717) is 6.42 Å². The number of hydrogen-bond acceptors (Lipinski definition) is 2. The Morgan fingerprint density at radius 2 is 1.69 bits per heavy atom. The molecule has 1 N–H and O–H groups in total. The lowest BCUT2D eigenvalue weighted by Crippen LogP contribution is -2.33. The van der Waals surface area contributed by atoms with Crippen LogP contribution in [0.2, 0.25) is 0 Å². The molecule has 1 aliphatic carbocycles. The number of carbonyl (C=O) groups is 1. The van der Waals surface area contributed by atoms with Crippen LogP contribution >= 0.6 is 0 Å². The first kappa shape index (κ1) is 19.4. The maximum atomic E-state index is 13.6. The van der Waals surface area contributed by atoms with Gasteiger partial charge in [-0.05, 0) is 48.1 Å². The van der Waals surface area contributed by atoms with Crippen molar-refractivity contribution in [3.8, 4) is 0 Å². The first-order valence-corrected chi connectivity index (χ1v) is 11.6. The molecule has 2 heterocycles. The van der Waals surface area contributed by atoms with E-state index in [4.69, 9.17) is 0 Å². The van der Waals surface area contributed by atoms with Gasteiger partial charge in [-0.15, -0.1) is 0 Å². The molecule has 6 rings (SSSR count). The Balaban J connectivity index is 1.73. The number of aromatic nitrogens is 1. The Morgan fingerprint density at radius 3 is 2.47 bits per heavy atom. The fourth-order valence-corrected chi connectivity index (χ4v) is 5.98. The van der Waals surface area contributed by atoms with Gasteiger partial charge >= 0.3 is 0 Å². The average Bonchev–Trinajstić information content (AvgIpc) is 3.11. The normalized spacial score (nSPS) is 19.7. The van der Waals surface area contributed by atoms with E-state index in [2.05, 4.69) is 97.4 Å². The second kappa shape index (κ2) is 6.83. The highest BCUT2D eigenvalue weighted by Crippen LogP contribution is 2.52. The van der Waals surface area contributed by atoms with Crippen molar-refractivity contribution in [1.29, 1.82) is 0 Å². The number of nitrogens with zero attached hydrogens (tertiary/aromatic N) is 1. The van der Waals surface area contributed by atoms with Gasteiger partial charge in [0.15, 0.2) is 5.78 Å². The molecule has 0 spiro atoms. The van der Waals surface area contributed by atoms with Gasteiger partial charge in [-0.2, -0.15) is 0 Å². The molecule has 0 radical (unpaired) electrons. The van der Waals surface area contributed by atoms with Crippen molar-refractivity contribution in [2.24, 2.45) is 5.41 Å². The SMILES string of the molecule is CCn1c2ccccc2c2c3c(ccc21)NC1=C(C(=O)CC(C)(C)C1)C3c1ccccc1. The van der Waals surface area contributed by atoms with E-state index in [1.807, 2.05) is 0 Å². The van der Waals surface area contributed by atoms with Gasteiger partial charge < -0.3 is 9.88 Å². The lowest BCUT2D eigenvalue weighted by Gasteiger charge is -2.39. The van der Waals surface area contributed by atoms with Crippen molar-refractivity contribution in [1.82, 2.24) is 4.57 Å². The highest BCUT2D eigenvalue weighted by molar-refractivity contribution is 6.13. The summed E-state index contributed by atoms with van der Waals surface area (Å²) >= 11 is 0. The maximum Gasteiger partial charge on any atom is 0.162 e. The Hall–Kier alpha value is -3.33. The minimum atomic E-state index is -0.0501. The summed E-state index contributed by atoms with van der Waals surface area (Å²) < 4.78 is 2.39. The molecule has 1 aliphatic heterocycles. The Kier molecular flexibility index (Phi) is 4.13. The van der Waals surface area contributed by atoms with E-state index in [-0.39, 0.29) is 17.1 Å². The number of benzene rings is 3. The topological polar surface area (TPSA) is 34.0 Å². The van der Waals surface area contributed by atoms with Crippen LogP contribution in [0.1, 0.15) is 50.7 Å². The summed E-state index contributed by atoms with van der Waals surface area (Å²) in [5.74, 6) is 0.227. The van der Waals surface area contributed by atoms with E-state index in [1.165, 1.54) is 32.9 Å². The number of carbonyl (C=O) groups excluding carboxylic acids is 1. The smallest absolute Gasteiger partial charge is 0.162 e. The molecule has 0 bridgehead atoms. The number of nitrogens with one attached hydrogen (secondary N) is 1. The third-order valence-corrected chi connectivity index (χ3v) is 7.21. The zero-order valence-corrected chi connectivity index (χ0v) is 18.9. The molecule has 32 heavy (non-hydrogen) atoms. The van der Waals surface area contributed by atoms with E-state index in [9.17, 15) is 4.79 Å². The van der Waals surface area contributed by atoms with Crippen molar-refractivity contribution in [3.63, 3.8) is 0 Å². The zero-order chi connectivity index (χ0) is 22.0. The fourth-order valence-electron chi connectivity index (χ4n) is 5.98. The quantitative estimate of drug-likeness (QED) is 0.378. The molecule has 4 aromatic rings. The van der Waals surface area contributed by atoms with E-state index in [0.717, 1.165) is 29.9 Å². The molecule has 1 unspecified atom stereocenters. The fraction of sp³-hybridized carbons (Fsp3) is 0.276. The largest absolute Gasteiger partial charge is 0.358 e. The molecule has 3 aromatic carbocycles. The van der Waals surface area contributed by atoms with E-state index < -0.39 is 0 Å². The van der Waals surface area contributed by atoms with Crippen LogP contribution in [0.3, 0.4) is 0 Å². The lowest BCUT2D eigenvalue weighted by molar-refractivity contribution is -0.118. The van der Waals surface area contributed by atoms with Crippen LogP contribution in [0.15, 0.2) is 78.0 Å².